The third kappa shape index (κ3) is 0.614. The molecular formula is C2H3N4S. The van der Waals surface area contributed by atoms with Gasteiger partial charge in [0.25, 0.3) is 0 Å². The summed E-state index contributed by atoms with van der Waals surface area (Å²) in [7, 11) is 0. The Kier molecular flexibility index (Phi) is 0.828. The molecule has 1 radical (unpaired) electrons. The number of nitrogens with one attached hydrogen (secondary N) is 1. The van der Waals surface area contributed by atoms with Gasteiger partial charge in [-0.15, -0.1) is 5.10 Å². The van der Waals surface area contributed by atoms with Crippen LogP contribution in [0, 0.1) is 0 Å². The van der Waals surface area contributed by atoms with E-state index in [1.54, 1.807) is 0 Å². The third-order valence-corrected chi connectivity index (χ3v) is 0.843. The zero-order chi connectivity index (χ0) is 5.28. The monoisotopic (exact) mass is 115 g/mol. The van der Waals surface area contributed by atoms with Crippen molar-refractivity contribution >= 4 is 18.4 Å². The summed E-state index contributed by atoms with van der Waals surface area (Å²) in [5.41, 5.74) is 5.16. The maximum absolute atomic E-state index is 5.16. The molecule has 0 unspecified atom stereocenters. The van der Waals surface area contributed by atoms with Crippen molar-refractivity contribution in [2.75, 3.05) is 5.73 Å². The van der Waals surface area contributed by atoms with Gasteiger partial charge in [-0.1, -0.05) is 17.8 Å². The molecule has 1 heterocycles. The molecule has 0 spiro atoms. The van der Waals surface area contributed by atoms with Gasteiger partial charge in [-0.2, -0.15) is 0 Å². The number of nitrogens with two attached hydrogens (primary N) is 1. The second kappa shape index (κ2) is 1.34. The minimum atomic E-state index is 0.333. The van der Waals surface area contributed by atoms with Crippen LogP contribution in [-0.4, -0.2) is 15.4 Å². The van der Waals surface area contributed by atoms with E-state index in [4.69, 9.17) is 5.73 Å². The Morgan fingerprint density at radius 3 is 2.57 bits per heavy atom. The van der Waals surface area contributed by atoms with Gasteiger partial charge in [-0.25, -0.2) is 5.10 Å². The maximum Gasteiger partial charge on any atom is 0.192 e. The highest BCUT2D eigenvalue weighted by molar-refractivity contribution is 7.80. The first kappa shape index (κ1) is 4.32. The van der Waals surface area contributed by atoms with Crippen LogP contribution in [0.4, 0.5) is 5.82 Å². The van der Waals surface area contributed by atoms with Crippen LogP contribution in [-0.2, 0) is 0 Å². The van der Waals surface area contributed by atoms with Gasteiger partial charge in [0.1, 0.15) is 0 Å². The molecule has 0 atom stereocenters. The van der Waals surface area contributed by atoms with Gasteiger partial charge in [0.15, 0.2) is 10.8 Å². The molecule has 3 N–H and O–H groups in total. The molecular weight excluding hydrogens is 112 g/mol. The van der Waals surface area contributed by atoms with Crippen molar-refractivity contribution in [3.63, 3.8) is 0 Å². The van der Waals surface area contributed by atoms with Crippen molar-refractivity contribution in [1.82, 2.24) is 15.4 Å². The van der Waals surface area contributed by atoms with E-state index < -0.39 is 0 Å². The first-order valence-electron chi connectivity index (χ1n) is 1.64. The van der Waals surface area contributed by atoms with Gasteiger partial charge >= 0.3 is 0 Å². The molecule has 0 saturated heterocycles. The van der Waals surface area contributed by atoms with Crippen LogP contribution < -0.4 is 5.73 Å². The molecule has 0 amide bonds. The van der Waals surface area contributed by atoms with E-state index in [0.29, 0.717) is 10.8 Å². The molecule has 0 bridgehead atoms. The number of nitrogens with zero attached hydrogens (tertiary/aromatic N) is 2. The Bertz CT molecular complexity index is 142. The number of aromatic amines is 1. The smallest absolute Gasteiger partial charge is 0.192 e. The van der Waals surface area contributed by atoms with E-state index in [2.05, 4.69) is 28.0 Å². The van der Waals surface area contributed by atoms with Crippen LogP contribution in [0.25, 0.3) is 0 Å². The summed E-state index contributed by atoms with van der Waals surface area (Å²) in [6, 6.07) is 0. The van der Waals surface area contributed by atoms with Crippen molar-refractivity contribution in [3.05, 3.63) is 0 Å². The molecule has 1 aromatic rings. The molecule has 0 fully saturated rings. The number of nitrogen functional groups attached to an aromatic ring is 1. The lowest BCUT2D eigenvalue weighted by molar-refractivity contribution is 0.913. The van der Waals surface area contributed by atoms with Gasteiger partial charge in [-0.05, 0) is 0 Å². The van der Waals surface area contributed by atoms with Gasteiger partial charge in [0, 0.05) is 0 Å². The van der Waals surface area contributed by atoms with E-state index in [0.717, 1.165) is 0 Å². The number of rotatable bonds is 0. The summed E-state index contributed by atoms with van der Waals surface area (Å²) in [5.74, 6) is 0.356. The highest BCUT2D eigenvalue weighted by Gasteiger charge is 1.93. The van der Waals surface area contributed by atoms with Gasteiger partial charge in [-0.3, -0.25) is 0 Å². The predicted molar refractivity (Wildman–Crippen MR) is 26.7 cm³/mol. The van der Waals surface area contributed by atoms with Crippen molar-refractivity contribution in [2.24, 2.45) is 0 Å². The van der Waals surface area contributed by atoms with Crippen LogP contribution in [0.1, 0.15) is 0 Å². The average Bonchev–Trinajstić information content (AvgIpc) is 1.91. The lowest BCUT2D eigenvalue weighted by atomic mass is 10.8. The standard InChI is InChI=1S/C2H3N4S/c3-1-2(7)5-6-4-1/h(H3,3,4,5,6). The summed E-state index contributed by atoms with van der Waals surface area (Å²) in [5, 5.41) is 9.43. The Balaban J connectivity index is 3.12. The highest BCUT2D eigenvalue weighted by atomic mass is 32.1. The van der Waals surface area contributed by atoms with Gasteiger partial charge < -0.3 is 5.73 Å². The van der Waals surface area contributed by atoms with Crippen LogP contribution >= 0.6 is 12.6 Å². The summed E-state index contributed by atoms with van der Waals surface area (Å²) in [6.07, 6.45) is 0. The second-order valence-corrected chi connectivity index (χ2v) is 1.42. The molecule has 0 aromatic carbocycles. The fourth-order valence-corrected chi connectivity index (χ4v) is 0.312. The maximum atomic E-state index is 5.16. The van der Waals surface area contributed by atoms with Crippen LogP contribution in [0.15, 0.2) is 5.03 Å². The molecule has 0 aliphatic heterocycles. The van der Waals surface area contributed by atoms with Crippen LogP contribution in [0.5, 0.6) is 0 Å². The van der Waals surface area contributed by atoms with E-state index in [1.165, 1.54) is 0 Å². The van der Waals surface area contributed by atoms with Crippen molar-refractivity contribution in [2.45, 2.75) is 5.03 Å². The molecule has 7 heavy (non-hydrogen) atoms. The second-order valence-electron chi connectivity index (χ2n) is 1.03. The predicted octanol–water partition coefficient (Wildman–Crippen LogP) is -0.0567. The Morgan fingerprint density at radius 2 is 2.43 bits per heavy atom. The van der Waals surface area contributed by atoms with E-state index >= 15 is 0 Å². The fraction of sp³-hybridized carbons (Fsp3) is 0. The van der Waals surface area contributed by atoms with Crippen LogP contribution in [0.3, 0.4) is 0 Å². The van der Waals surface area contributed by atoms with E-state index in [-0.39, 0.29) is 0 Å². The summed E-state index contributed by atoms with van der Waals surface area (Å²) in [4.78, 5) is 0. The lowest BCUT2D eigenvalue weighted by Gasteiger charge is -1.74. The van der Waals surface area contributed by atoms with Gasteiger partial charge in [0.05, 0.1) is 0 Å². The van der Waals surface area contributed by atoms with Crippen LogP contribution in [0.2, 0.25) is 0 Å². The van der Waals surface area contributed by atoms with Crippen molar-refractivity contribution < 1.29 is 0 Å². The van der Waals surface area contributed by atoms with Gasteiger partial charge in [0.2, 0.25) is 0 Å². The molecule has 0 aliphatic carbocycles. The summed E-state index contributed by atoms with van der Waals surface area (Å²) < 4.78 is 0. The zero-order valence-electron chi connectivity index (χ0n) is 3.38. The fourth-order valence-electron chi connectivity index (χ4n) is 0.226. The number of hydrogen-bond acceptors (Lipinski definition) is 3. The zero-order valence-corrected chi connectivity index (χ0v) is 4.20. The number of anilines is 1. The molecule has 0 aliphatic rings. The Morgan fingerprint density at radius 1 is 1.71 bits per heavy atom. The average molecular weight is 115 g/mol. The summed E-state index contributed by atoms with van der Waals surface area (Å²) >= 11 is 4.56. The number of aromatic nitrogens is 3. The van der Waals surface area contributed by atoms with Crippen molar-refractivity contribution in [1.29, 1.82) is 0 Å². The Labute approximate surface area is 45.5 Å². The molecule has 4 nitrogen and oxygen atoms in total. The molecule has 1 rings (SSSR count). The topological polar surface area (TPSA) is 67.6 Å². The van der Waals surface area contributed by atoms with Crippen molar-refractivity contribution in [3.8, 4) is 0 Å². The highest BCUT2D eigenvalue weighted by Crippen LogP contribution is 2.04. The van der Waals surface area contributed by atoms with E-state index in [9.17, 15) is 0 Å². The molecule has 5 heteroatoms. The lowest BCUT2D eigenvalue weighted by Crippen LogP contribution is -1.83. The normalized spacial score (nSPS) is 9.14. The number of H-pyrrole nitrogens is 1. The summed E-state index contributed by atoms with van der Waals surface area (Å²) in [6.45, 7) is 0. The third-order valence-electron chi connectivity index (χ3n) is 0.542. The molecule has 0 saturated carbocycles. The quantitative estimate of drug-likeness (QED) is 0.498. The minimum absolute atomic E-state index is 0.333. The SMILES string of the molecule is Nc1[nH]nnc1[S]. The molecule has 1 aromatic heterocycles. The largest absolute Gasteiger partial charge is 0.381 e. The van der Waals surface area contributed by atoms with E-state index in [1.807, 2.05) is 0 Å². The first-order chi connectivity index (χ1) is 3.30. The minimum Gasteiger partial charge on any atom is -0.381 e. The number of hydrogen-bond donors (Lipinski definition) is 2. The Hall–Kier alpha value is -0.840. The molecule has 37 valence electrons. The first-order valence-corrected chi connectivity index (χ1v) is 2.05.